The lowest BCUT2D eigenvalue weighted by Crippen LogP contribution is -2.45. The summed E-state index contributed by atoms with van der Waals surface area (Å²) in [5.74, 6) is -0.279. The number of ether oxygens (including phenoxy) is 2. The van der Waals surface area contributed by atoms with E-state index in [1.807, 2.05) is 6.08 Å². The lowest BCUT2D eigenvalue weighted by Gasteiger charge is -2.26. The maximum atomic E-state index is 11.0. The fourth-order valence-electron chi connectivity index (χ4n) is 1.29. The molecule has 1 aliphatic heterocycles. The van der Waals surface area contributed by atoms with E-state index in [-0.39, 0.29) is 5.97 Å². The summed E-state index contributed by atoms with van der Waals surface area (Å²) >= 11 is 0. The van der Waals surface area contributed by atoms with Gasteiger partial charge in [0.1, 0.15) is 0 Å². The zero-order chi connectivity index (χ0) is 11.1. The van der Waals surface area contributed by atoms with Crippen LogP contribution in [0, 0.1) is 0 Å². The van der Waals surface area contributed by atoms with E-state index in [1.165, 1.54) is 7.11 Å². The fraction of sp³-hybridized carbons (Fsp3) is 0.700. The Kier molecular flexibility index (Phi) is 5.31. The summed E-state index contributed by atoms with van der Waals surface area (Å²) in [7, 11) is 1.38. The maximum absolute atomic E-state index is 11.0. The summed E-state index contributed by atoms with van der Waals surface area (Å²) in [6.45, 7) is 5.66. The van der Waals surface area contributed by atoms with E-state index in [0.717, 1.165) is 26.3 Å². The Balaban J connectivity index is 2.21. The number of hydrogen-bond donors (Lipinski definition) is 1. The van der Waals surface area contributed by atoms with Gasteiger partial charge in [0, 0.05) is 25.2 Å². The van der Waals surface area contributed by atoms with Crippen LogP contribution in [-0.4, -0.2) is 50.9 Å². The van der Waals surface area contributed by atoms with E-state index in [1.54, 1.807) is 6.92 Å². The molecule has 0 aromatic heterocycles. The van der Waals surface area contributed by atoms with Crippen LogP contribution in [0.5, 0.6) is 0 Å². The monoisotopic (exact) mass is 214 g/mol. The quantitative estimate of drug-likeness (QED) is 0.525. The molecule has 0 spiro atoms. The first kappa shape index (κ1) is 12.2. The van der Waals surface area contributed by atoms with Crippen molar-refractivity contribution in [3.63, 3.8) is 0 Å². The van der Waals surface area contributed by atoms with Crippen molar-refractivity contribution in [3.05, 3.63) is 11.6 Å². The number of hydrazine groups is 1. The molecule has 0 aromatic rings. The minimum absolute atomic E-state index is 0.279. The van der Waals surface area contributed by atoms with Crippen molar-refractivity contribution in [1.82, 2.24) is 10.4 Å². The predicted molar refractivity (Wildman–Crippen MR) is 56.2 cm³/mol. The Morgan fingerprint density at radius 2 is 2.20 bits per heavy atom. The van der Waals surface area contributed by atoms with Crippen LogP contribution in [0.25, 0.3) is 0 Å². The molecule has 0 atom stereocenters. The van der Waals surface area contributed by atoms with E-state index in [9.17, 15) is 4.79 Å². The molecule has 0 radical (unpaired) electrons. The first-order chi connectivity index (χ1) is 7.24. The van der Waals surface area contributed by atoms with Crippen molar-refractivity contribution < 1.29 is 14.3 Å². The maximum Gasteiger partial charge on any atom is 0.333 e. The van der Waals surface area contributed by atoms with Gasteiger partial charge in [-0.05, 0) is 6.92 Å². The highest BCUT2D eigenvalue weighted by Gasteiger charge is 2.08. The van der Waals surface area contributed by atoms with Crippen LogP contribution in [0.2, 0.25) is 0 Å². The predicted octanol–water partition coefficient (Wildman–Crippen LogP) is -0.0575. The van der Waals surface area contributed by atoms with Crippen molar-refractivity contribution in [2.24, 2.45) is 0 Å². The van der Waals surface area contributed by atoms with Gasteiger partial charge in [0.2, 0.25) is 0 Å². The Morgan fingerprint density at radius 3 is 2.80 bits per heavy atom. The molecule has 5 nitrogen and oxygen atoms in total. The number of nitrogens with one attached hydrogen (secondary N) is 1. The zero-order valence-electron chi connectivity index (χ0n) is 9.28. The summed E-state index contributed by atoms with van der Waals surface area (Å²) in [5, 5.41) is 2.09. The number of carbonyl (C=O) groups is 1. The van der Waals surface area contributed by atoms with Gasteiger partial charge in [-0.1, -0.05) is 6.08 Å². The molecule has 1 fully saturated rings. The molecule has 1 aliphatic rings. The first-order valence-corrected chi connectivity index (χ1v) is 5.05. The third kappa shape index (κ3) is 4.42. The lowest BCUT2D eigenvalue weighted by atomic mass is 10.3. The number of methoxy groups -OCH3 is 1. The van der Waals surface area contributed by atoms with Gasteiger partial charge in [-0.3, -0.25) is 5.43 Å². The molecule has 0 amide bonds. The lowest BCUT2D eigenvalue weighted by molar-refractivity contribution is -0.136. The number of hydrogen-bond acceptors (Lipinski definition) is 5. The van der Waals surface area contributed by atoms with Crippen molar-refractivity contribution in [2.45, 2.75) is 6.92 Å². The highest BCUT2D eigenvalue weighted by Crippen LogP contribution is 1.95. The highest BCUT2D eigenvalue weighted by atomic mass is 16.5. The molecule has 0 bridgehead atoms. The van der Waals surface area contributed by atoms with Gasteiger partial charge in [0.05, 0.1) is 20.3 Å². The average Bonchev–Trinajstić information content (AvgIpc) is 2.29. The van der Waals surface area contributed by atoms with Crippen LogP contribution < -0.4 is 5.43 Å². The van der Waals surface area contributed by atoms with E-state index in [2.05, 4.69) is 15.2 Å². The molecule has 15 heavy (non-hydrogen) atoms. The summed E-state index contributed by atoms with van der Waals surface area (Å²) in [5.41, 5.74) is 3.82. The Morgan fingerprint density at radius 1 is 1.53 bits per heavy atom. The first-order valence-electron chi connectivity index (χ1n) is 5.05. The largest absolute Gasteiger partial charge is 0.466 e. The van der Waals surface area contributed by atoms with Crippen molar-refractivity contribution in [3.8, 4) is 0 Å². The molecular weight excluding hydrogens is 196 g/mol. The Hall–Kier alpha value is -0.910. The second-order valence-corrected chi connectivity index (χ2v) is 3.34. The molecule has 1 N–H and O–H groups in total. The van der Waals surface area contributed by atoms with Gasteiger partial charge < -0.3 is 9.47 Å². The van der Waals surface area contributed by atoms with E-state index in [4.69, 9.17) is 4.74 Å². The number of nitrogens with zero attached hydrogens (tertiary/aromatic N) is 1. The standard InChI is InChI=1S/C10H18N2O3/c1-9(10(13)14-2)3-4-11-12-5-7-15-8-6-12/h3,11H,4-8H2,1-2H3. The third-order valence-electron chi connectivity index (χ3n) is 2.24. The van der Waals surface area contributed by atoms with Crippen LogP contribution in [-0.2, 0) is 14.3 Å². The summed E-state index contributed by atoms with van der Waals surface area (Å²) in [6.07, 6.45) is 1.82. The third-order valence-corrected chi connectivity index (χ3v) is 2.24. The second-order valence-electron chi connectivity index (χ2n) is 3.34. The number of carbonyl (C=O) groups excluding carboxylic acids is 1. The van der Waals surface area contributed by atoms with Gasteiger partial charge >= 0.3 is 5.97 Å². The van der Waals surface area contributed by atoms with Gasteiger partial charge in [-0.25, -0.2) is 9.80 Å². The zero-order valence-corrected chi connectivity index (χ0v) is 9.28. The van der Waals surface area contributed by atoms with E-state index < -0.39 is 0 Å². The Bertz CT molecular complexity index is 235. The minimum atomic E-state index is -0.279. The Labute approximate surface area is 90.0 Å². The van der Waals surface area contributed by atoms with Crippen LogP contribution in [0.3, 0.4) is 0 Å². The van der Waals surface area contributed by atoms with Crippen LogP contribution in [0.4, 0.5) is 0 Å². The molecule has 0 unspecified atom stereocenters. The van der Waals surface area contributed by atoms with Crippen molar-refractivity contribution >= 4 is 5.97 Å². The molecule has 0 saturated carbocycles. The summed E-state index contributed by atoms with van der Waals surface area (Å²) in [6, 6.07) is 0. The van der Waals surface area contributed by atoms with E-state index >= 15 is 0 Å². The molecular formula is C10H18N2O3. The van der Waals surface area contributed by atoms with Crippen LogP contribution in [0.15, 0.2) is 11.6 Å². The highest BCUT2D eigenvalue weighted by molar-refractivity contribution is 5.87. The molecule has 0 aromatic carbocycles. The number of morpholine rings is 1. The molecule has 0 aliphatic carbocycles. The van der Waals surface area contributed by atoms with Gasteiger partial charge in [-0.15, -0.1) is 0 Å². The molecule has 1 saturated heterocycles. The van der Waals surface area contributed by atoms with Gasteiger partial charge in [0.15, 0.2) is 0 Å². The average molecular weight is 214 g/mol. The molecule has 1 heterocycles. The van der Waals surface area contributed by atoms with E-state index in [0.29, 0.717) is 12.1 Å². The summed E-state index contributed by atoms with van der Waals surface area (Å²) < 4.78 is 9.80. The van der Waals surface area contributed by atoms with Gasteiger partial charge in [0.25, 0.3) is 0 Å². The van der Waals surface area contributed by atoms with Crippen molar-refractivity contribution in [2.75, 3.05) is 40.0 Å². The van der Waals surface area contributed by atoms with Crippen LogP contribution in [0.1, 0.15) is 6.92 Å². The second kappa shape index (κ2) is 6.55. The number of rotatable bonds is 4. The molecule has 86 valence electrons. The van der Waals surface area contributed by atoms with Crippen molar-refractivity contribution in [1.29, 1.82) is 0 Å². The molecule has 5 heteroatoms. The number of esters is 1. The fourth-order valence-corrected chi connectivity index (χ4v) is 1.29. The minimum Gasteiger partial charge on any atom is -0.466 e. The topological polar surface area (TPSA) is 50.8 Å². The van der Waals surface area contributed by atoms with Gasteiger partial charge in [-0.2, -0.15) is 0 Å². The normalized spacial score (nSPS) is 18.9. The summed E-state index contributed by atoms with van der Waals surface area (Å²) in [4.78, 5) is 11.0. The SMILES string of the molecule is COC(=O)C(C)=CCNN1CCOCC1. The van der Waals surface area contributed by atoms with Crippen LogP contribution >= 0.6 is 0 Å². The molecule has 1 rings (SSSR count). The smallest absolute Gasteiger partial charge is 0.333 e.